The quantitative estimate of drug-likeness (QED) is 0.491. The molecule has 0 saturated carbocycles. The molecule has 126 valence electrons. The van der Waals surface area contributed by atoms with E-state index in [0.717, 1.165) is 19.3 Å². The van der Waals surface area contributed by atoms with Crippen LogP contribution in [0.2, 0.25) is 0 Å². The zero-order chi connectivity index (χ0) is 16.9. The minimum Gasteiger partial charge on any atom is -0.277 e. The molecule has 0 spiro atoms. The van der Waals surface area contributed by atoms with Gasteiger partial charge in [-0.2, -0.15) is 5.10 Å². The van der Waals surface area contributed by atoms with Gasteiger partial charge in [0.25, 0.3) is 0 Å². The molecule has 5 nitrogen and oxygen atoms in total. The van der Waals surface area contributed by atoms with Crippen LogP contribution in [0.5, 0.6) is 0 Å². The van der Waals surface area contributed by atoms with Crippen molar-refractivity contribution in [2.24, 2.45) is 11.0 Å². The predicted octanol–water partition coefficient (Wildman–Crippen LogP) is 3.52. The van der Waals surface area contributed by atoms with Crippen molar-refractivity contribution in [1.29, 1.82) is 0 Å². The molecule has 23 heavy (non-hydrogen) atoms. The van der Waals surface area contributed by atoms with E-state index in [-0.39, 0.29) is 4.90 Å². The van der Waals surface area contributed by atoms with E-state index in [9.17, 15) is 8.42 Å². The van der Waals surface area contributed by atoms with E-state index in [4.69, 9.17) is 0 Å². The molecule has 2 N–H and O–H groups in total. The summed E-state index contributed by atoms with van der Waals surface area (Å²) in [7, 11) is -3.60. The molecular weight excluding hydrogens is 310 g/mol. The van der Waals surface area contributed by atoms with Gasteiger partial charge in [-0.15, -0.1) is 0 Å². The number of sulfonamides is 1. The molecule has 0 bridgehead atoms. The van der Waals surface area contributed by atoms with Gasteiger partial charge in [-0.25, -0.2) is 13.1 Å². The zero-order valence-electron chi connectivity index (χ0n) is 13.9. The van der Waals surface area contributed by atoms with Crippen LogP contribution in [-0.2, 0) is 10.0 Å². The average molecular weight is 335 g/mol. The van der Waals surface area contributed by atoms with Gasteiger partial charge >= 0.3 is 0 Å². The number of rotatable bonds is 5. The Morgan fingerprint density at radius 2 is 1.96 bits per heavy atom. The van der Waals surface area contributed by atoms with Crippen molar-refractivity contribution in [3.63, 3.8) is 0 Å². The van der Waals surface area contributed by atoms with E-state index in [0.29, 0.717) is 11.6 Å². The SMILES string of the molecule is CC(C)(C)NS(=O)(=O)c1ccccc1NN=CC1CC=CCC1. The third-order valence-electron chi connectivity index (χ3n) is 3.40. The van der Waals surface area contributed by atoms with Crippen LogP contribution in [0.3, 0.4) is 0 Å². The fourth-order valence-corrected chi connectivity index (χ4v) is 3.99. The molecule has 0 amide bonds. The van der Waals surface area contributed by atoms with Gasteiger partial charge in [0.15, 0.2) is 0 Å². The van der Waals surface area contributed by atoms with Crippen molar-refractivity contribution in [2.75, 3.05) is 5.43 Å². The summed E-state index contributed by atoms with van der Waals surface area (Å²) in [6, 6.07) is 6.79. The standard InChI is InChI=1S/C17H25N3O2S/c1-17(2,3)20-23(21,22)16-12-8-7-11-15(16)19-18-13-14-9-5-4-6-10-14/h4-5,7-8,11-14,19-20H,6,9-10H2,1-3H3. The number of nitrogens with zero attached hydrogens (tertiary/aromatic N) is 1. The highest BCUT2D eigenvalue weighted by Gasteiger charge is 2.24. The minimum absolute atomic E-state index is 0.204. The molecule has 0 saturated heterocycles. The van der Waals surface area contributed by atoms with Crippen LogP contribution < -0.4 is 10.1 Å². The van der Waals surface area contributed by atoms with Crippen LogP contribution in [0.25, 0.3) is 0 Å². The molecule has 2 rings (SSSR count). The van der Waals surface area contributed by atoms with Gasteiger partial charge in [0.2, 0.25) is 10.0 Å². The fraction of sp³-hybridized carbons (Fsp3) is 0.471. The highest BCUT2D eigenvalue weighted by atomic mass is 32.2. The topological polar surface area (TPSA) is 70.6 Å². The summed E-state index contributed by atoms with van der Waals surface area (Å²) >= 11 is 0. The Morgan fingerprint density at radius 3 is 2.61 bits per heavy atom. The summed E-state index contributed by atoms with van der Waals surface area (Å²) < 4.78 is 27.7. The van der Waals surface area contributed by atoms with Crippen molar-refractivity contribution in [3.05, 3.63) is 36.4 Å². The van der Waals surface area contributed by atoms with Crippen LogP contribution in [0.4, 0.5) is 5.69 Å². The summed E-state index contributed by atoms with van der Waals surface area (Å²) in [5.74, 6) is 0.406. The van der Waals surface area contributed by atoms with Crippen molar-refractivity contribution < 1.29 is 8.42 Å². The minimum atomic E-state index is -3.60. The monoisotopic (exact) mass is 335 g/mol. The third-order valence-corrected chi connectivity index (χ3v) is 5.21. The van der Waals surface area contributed by atoms with E-state index in [2.05, 4.69) is 27.4 Å². The molecule has 0 radical (unpaired) electrons. The lowest BCUT2D eigenvalue weighted by molar-refractivity contribution is 0.491. The number of hydrogen-bond donors (Lipinski definition) is 2. The van der Waals surface area contributed by atoms with Gasteiger partial charge < -0.3 is 0 Å². The van der Waals surface area contributed by atoms with E-state index >= 15 is 0 Å². The highest BCUT2D eigenvalue weighted by Crippen LogP contribution is 2.22. The molecule has 1 atom stereocenters. The number of anilines is 1. The van der Waals surface area contributed by atoms with Gasteiger partial charge in [-0.3, -0.25) is 5.43 Å². The molecule has 0 aliphatic heterocycles. The molecule has 0 fully saturated rings. The van der Waals surface area contributed by atoms with Crippen LogP contribution in [0, 0.1) is 5.92 Å². The predicted molar refractivity (Wildman–Crippen MR) is 95.1 cm³/mol. The maximum Gasteiger partial charge on any atom is 0.243 e. The summed E-state index contributed by atoms with van der Waals surface area (Å²) in [6.07, 6.45) is 9.33. The maximum absolute atomic E-state index is 12.5. The first-order valence-electron chi connectivity index (χ1n) is 7.85. The lowest BCUT2D eigenvalue weighted by atomic mass is 9.96. The second kappa shape index (κ2) is 7.27. The van der Waals surface area contributed by atoms with Gasteiger partial charge in [-0.1, -0.05) is 24.3 Å². The van der Waals surface area contributed by atoms with Crippen molar-refractivity contribution in [3.8, 4) is 0 Å². The Balaban J connectivity index is 2.14. The lowest BCUT2D eigenvalue weighted by Crippen LogP contribution is -2.40. The summed E-state index contributed by atoms with van der Waals surface area (Å²) in [4.78, 5) is 0.204. The fourth-order valence-electron chi connectivity index (χ4n) is 2.42. The first-order valence-corrected chi connectivity index (χ1v) is 9.33. The Labute approximate surface area is 138 Å². The Bertz CT molecular complexity index is 688. The van der Waals surface area contributed by atoms with Crippen LogP contribution in [0.15, 0.2) is 46.4 Å². The molecule has 1 aromatic carbocycles. The Hall–Kier alpha value is -1.66. The number of nitrogens with one attached hydrogen (secondary N) is 2. The average Bonchev–Trinajstić information content (AvgIpc) is 2.46. The van der Waals surface area contributed by atoms with Crippen LogP contribution in [0.1, 0.15) is 40.0 Å². The number of hydrazone groups is 1. The van der Waals surface area contributed by atoms with Crippen molar-refractivity contribution >= 4 is 21.9 Å². The summed E-state index contributed by atoms with van der Waals surface area (Å²) in [5.41, 5.74) is 2.82. The van der Waals surface area contributed by atoms with Crippen LogP contribution in [-0.4, -0.2) is 20.2 Å². The smallest absolute Gasteiger partial charge is 0.243 e. The maximum atomic E-state index is 12.5. The number of allylic oxidation sites excluding steroid dienone is 2. The molecular formula is C17H25N3O2S. The normalized spacial score (nSPS) is 19.2. The molecule has 1 aliphatic rings. The number of hydrogen-bond acceptors (Lipinski definition) is 4. The summed E-state index contributed by atoms with van der Waals surface area (Å²) in [5, 5.41) is 4.23. The molecule has 0 heterocycles. The van der Waals surface area contributed by atoms with Crippen molar-refractivity contribution in [2.45, 2.75) is 50.5 Å². The molecule has 0 aromatic heterocycles. The number of benzene rings is 1. The second-order valence-corrected chi connectivity index (χ2v) is 8.44. The van der Waals surface area contributed by atoms with E-state index in [1.54, 1.807) is 24.3 Å². The van der Waals surface area contributed by atoms with Gasteiger partial charge in [0.05, 0.1) is 5.69 Å². The molecule has 1 unspecified atom stereocenters. The van der Waals surface area contributed by atoms with Gasteiger partial charge in [-0.05, 0) is 58.1 Å². The molecule has 1 aromatic rings. The summed E-state index contributed by atoms with van der Waals surface area (Å²) in [6.45, 7) is 5.44. The Morgan fingerprint density at radius 1 is 1.22 bits per heavy atom. The molecule has 1 aliphatic carbocycles. The van der Waals surface area contributed by atoms with Crippen molar-refractivity contribution in [1.82, 2.24) is 4.72 Å². The van der Waals surface area contributed by atoms with Gasteiger partial charge in [0, 0.05) is 11.8 Å². The molecule has 6 heteroatoms. The largest absolute Gasteiger partial charge is 0.277 e. The number of para-hydroxylation sites is 1. The van der Waals surface area contributed by atoms with E-state index in [1.165, 1.54) is 0 Å². The Kier molecular flexibility index (Phi) is 5.59. The highest BCUT2D eigenvalue weighted by molar-refractivity contribution is 7.89. The zero-order valence-corrected chi connectivity index (χ0v) is 14.7. The first-order chi connectivity index (χ1) is 10.8. The first kappa shape index (κ1) is 17.7. The van der Waals surface area contributed by atoms with Crippen LogP contribution >= 0.6 is 0 Å². The second-order valence-electron chi connectivity index (χ2n) is 6.79. The van der Waals surface area contributed by atoms with E-state index < -0.39 is 15.6 Å². The van der Waals surface area contributed by atoms with E-state index in [1.807, 2.05) is 27.0 Å². The van der Waals surface area contributed by atoms with Gasteiger partial charge in [0.1, 0.15) is 4.90 Å². The third kappa shape index (κ3) is 5.48. The lowest BCUT2D eigenvalue weighted by Gasteiger charge is -2.21.